The Kier molecular flexibility index (Phi) is 9.57. The number of hydrogen-bond donors (Lipinski definition) is 1. The van der Waals surface area contributed by atoms with Crippen molar-refractivity contribution in [1.29, 1.82) is 0 Å². The molecular formula is C23H30ClN3O6S. The van der Waals surface area contributed by atoms with Gasteiger partial charge in [0.05, 0.1) is 26.2 Å². The molecule has 0 radical (unpaired) electrons. The summed E-state index contributed by atoms with van der Waals surface area (Å²) in [7, 11) is 0.497. The van der Waals surface area contributed by atoms with Crippen LogP contribution in [-0.4, -0.2) is 65.2 Å². The molecule has 0 aliphatic heterocycles. The van der Waals surface area contributed by atoms with Crippen molar-refractivity contribution in [3.05, 3.63) is 53.1 Å². The number of hydrogen-bond acceptors (Lipinski definition) is 6. The molecule has 0 unspecified atom stereocenters. The van der Waals surface area contributed by atoms with Gasteiger partial charge in [0.15, 0.2) is 0 Å². The number of carbonyl (C=O) groups is 2. The van der Waals surface area contributed by atoms with Crippen LogP contribution in [0.3, 0.4) is 0 Å². The first-order valence-electron chi connectivity index (χ1n) is 10.5. The van der Waals surface area contributed by atoms with E-state index in [0.717, 1.165) is 16.1 Å². The Morgan fingerprint density at radius 1 is 1.12 bits per heavy atom. The molecule has 34 heavy (non-hydrogen) atoms. The highest BCUT2D eigenvalue weighted by Crippen LogP contribution is 2.33. The maximum Gasteiger partial charge on any atom is 0.244 e. The van der Waals surface area contributed by atoms with Gasteiger partial charge in [0.2, 0.25) is 21.8 Å². The van der Waals surface area contributed by atoms with Crippen molar-refractivity contribution in [2.24, 2.45) is 0 Å². The van der Waals surface area contributed by atoms with Crippen LogP contribution in [0.5, 0.6) is 11.5 Å². The molecule has 0 saturated heterocycles. The summed E-state index contributed by atoms with van der Waals surface area (Å²) in [5.74, 6) is -0.0876. The monoisotopic (exact) mass is 511 g/mol. The number of likely N-dealkylation sites (N-methyl/N-ethyl adjacent to an activating group) is 1. The van der Waals surface area contributed by atoms with Crippen molar-refractivity contribution >= 4 is 39.1 Å². The fraction of sp³-hybridized carbons (Fsp3) is 0.391. The number of benzene rings is 2. The molecule has 2 aromatic rings. The number of rotatable bonds is 11. The van der Waals surface area contributed by atoms with E-state index in [1.54, 1.807) is 37.3 Å². The van der Waals surface area contributed by atoms with E-state index in [1.807, 2.05) is 0 Å². The summed E-state index contributed by atoms with van der Waals surface area (Å²) in [4.78, 5) is 27.5. The fourth-order valence-electron chi connectivity index (χ4n) is 3.51. The zero-order valence-corrected chi connectivity index (χ0v) is 21.4. The maximum absolute atomic E-state index is 13.6. The quantitative estimate of drug-likeness (QED) is 0.497. The predicted octanol–water partition coefficient (Wildman–Crippen LogP) is 2.68. The fourth-order valence-corrected chi connectivity index (χ4v) is 4.52. The van der Waals surface area contributed by atoms with Gasteiger partial charge in [0.25, 0.3) is 0 Å². The van der Waals surface area contributed by atoms with Gasteiger partial charge < -0.3 is 19.7 Å². The van der Waals surface area contributed by atoms with E-state index >= 15 is 0 Å². The summed E-state index contributed by atoms with van der Waals surface area (Å²) >= 11 is 6.10. The summed E-state index contributed by atoms with van der Waals surface area (Å²) in [6.45, 7) is 1.30. The number of methoxy groups -OCH3 is 2. The zero-order valence-electron chi connectivity index (χ0n) is 19.9. The Bertz CT molecular complexity index is 1130. The molecule has 0 aliphatic carbocycles. The van der Waals surface area contributed by atoms with Gasteiger partial charge in [-0.2, -0.15) is 0 Å². The second-order valence-corrected chi connectivity index (χ2v) is 9.84. The van der Waals surface area contributed by atoms with Crippen molar-refractivity contribution < 1.29 is 27.5 Å². The molecule has 0 heterocycles. The predicted molar refractivity (Wildman–Crippen MR) is 132 cm³/mol. The maximum atomic E-state index is 13.6. The Morgan fingerprint density at radius 3 is 2.38 bits per heavy atom. The normalized spacial score (nSPS) is 11.9. The highest BCUT2D eigenvalue weighted by molar-refractivity contribution is 7.92. The van der Waals surface area contributed by atoms with Crippen LogP contribution >= 0.6 is 11.6 Å². The van der Waals surface area contributed by atoms with Gasteiger partial charge in [-0.05, 0) is 42.3 Å². The Balaban J connectivity index is 2.51. The van der Waals surface area contributed by atoms with Crippen LogP contribution in [0.2, 0.25) is 5.02 Å². The minimum Gasteiger partial charge on any atom is -0.497 e. The van der Waals surface area contributed by atoms with Gasteiger partial charge in [-0.15, -0.1) is 0 Å². The minimum atomic E-state index is -3.91. The Hall–Kier alpha value is -2.98. The van der Waals surface area contributed by atoms with Crippen molar-refractivity contribution in [2.75, 3.05) is 38.4 Å². The number of amides is 2. The molecule has 0 aliphatic rings. The zero-order chi connectivity index (χ0) is 25.5. The molecule has 0 spiro atoms. The molecule has 1 atom stereocenters. The molecule has 9 nitrogen and oxygen atoms in total. The third kappa shape index (κ3) is 6.77. The molecule has 0 saturated carbocycles. The van der Waals surface area contributed by atoms with Gasteiger partial charge in [-0.3, -0.25) is 13.9 Å². The van der Waals surface area contributed by atoms with Gasteiger partial charge in [-0.1, -0.05) is 30.7 Å². The summed E-state index contributed by atoms with van der Waals surface area (Å²) in [6.07, 6.45) is 1.32. The van der Waals surface area contributed by atoms with Crippen LogP contribution in [0.1, 0.15) is 18.9 Å². The lowest BCUT2D eigenvalue weighted by Crippen LogP contribution is -2.51. The first-order valence-corrected chi connectivity index (χ1v) is 12.7. The number of carbonyl (C=O) groups excluding carboxylic acids is 2. The number of sulfonamides is 1. The first kappa shape index (κ1) is 27.3. The van der Waals surface area contributed by atoms with E-state index in [1.165, 1.54) is 38.3 Å². The van der Waals surface area contributed by atoms with Crippen LogP contribution < -0.4 is 19.1 Å². The first-order chi connectivity index (χ1) is 16.0. The van der Waals surface area contributed by atoms with Crippen molar-refractivity contribution in [3.63, 3.8) is 0 Å². The van der Waals surface area contributed by atoms with Gasteiger partial charge in [-0.25, -0.2) is 8.42 Å². The highest BCUT2D eigenvalue weighted by Gasteiger charge is 2.32. The molecule has 2 rings (SSSR count). The molecule has 0 fully saturated rings. The molecule has 2 aromatic carbocycles. The molecule has 186 valence electrons. The van der Waals surface area contributed by atoms with Crippen molar-refractivity contribution in [3.8, 4) is 11.5 Å². The number of halogens is 1. The van der Waals surface area contributed by atoms with Crippen LogP contribution in [0, 0.1) is 0 Å². The number of nitrogens with zero attached hydrogens (tertiary/aromatic N) is 2. The molecule has 1 N–H and O–H groups in total. The summed E-state index contributed by atoms with van der Waals surface area (Å²) in [5, 5.41) is 2.85. The van der Waals surface area contributed by atoms with E-state index in [0.29, 0.717) is 12.2 Å². The van der Waals surface area contributed by atoms with Gasteiger partial charge >= 0.3 is 0 Å². The van der Waals surface area contributed by atoms with E-state index in [-0.39, 0.29) is 28.9 Å². The lowest BCUT2D eigenvalue weighted by Gasteiger charge is -2.33. The number of ether oxygens (including phenoxy) is 2. The largest absolute Gasteiger partial charge is 0.497 e. The average Bonchev–Trinajstić information content (AvgIpc) is 2.81. The van der Waals surface area contributed by atoms with Crippen LogP contribution in [0.4, 0.5) is 5.69 Å². The SMILES string of the molecule is CC[C@H](C(=O)NC)N(Cc1cccc(OC)c1)C(=O)CN(c1cc(Cl)ccc1OC)S(C)(=O)=O. The highest BCUT2D eigenvalue weighted by atomic mass is 35.5. The number of nitrogens with one attached hydrogen (secondary N) is 1. The van der Waals surface area contributed by atoms with E-state index < -0.39 is 28.5 Å². The molecule has 0 aromatic heterocycles. The summed E-state index contributed by atoms with van der Waals surface area (Å²) < 4.78 is 36.9. The lowest BCUT2D eigenvalue weighted by atomic mass is 10.1. The van der Waals surface area contributed by atoms with Gasteiger partial charge in [0, 0.05) is 18.6 Å². The van der Waals surface area contributed by atoms with E-state index in [4.69, 9.17) is 21.1 Å². The lowest BCUT2D eigenvalue weighted by molar-refractivity contribution is -0.140. The molecule has 0 bridgehead atoms. The third-order valence-electron chi connectivity index (χ3n) is 5.21. The topological polar surface area (TPSA) is 105 Å². The Labute approximate surface area is 205 Å². The smallest absolute Gasteiger partial charge is 0.244 e. The van der Waals surface area contributed by atoms with Gasteiger partial charge in [0.1, 0.15) is 24.1 Å². The van der Waals surface area contributed by atoms with E-state index in [2.05, 4.69) is 5.32 Å². The van der Waals surface area contributed by atoms with Crippen LogP contribution in [0.15, 0.2) is 42.5 Å². The molecule has 11 heteroatoms. The molecular weight excluding hydrogens is 482 g/mol. The minimum absolute atomic E-state index is 0.0756. The van der Waals surface area contributed by atoms with Crippen molar-refractivity contribution in [2.45, 2.75) is 25.9 Å². The average molecular weight is 512 g/mol. The van der Waals surface area contributed by atoms with Crippen LogP contribution in [-0.2, 0) is 26.2 Å². The molecule has 2 amide bonds. The summed E-state index contributed by atoms with van der Waals surface area (Å²) in [5.41, 5.74) is 0.849. The van der Waals surface area contributed by atoms with Crippen molar-refractivity contribution in [1.82, 2.24) is 10.2 Å². The van der Waals surface area contributed by atoms with E-state index in [9.17, 15) is 18.0 Å². The standard InChI is InChI=1S/C23H30ClN3O6S/c1-6-19(23(29)25-2)26(14-16-8-7-9-18(12-16)32-3)22(28)15-27(34(5,30)31)20-13-17(24)10-11-21(20)33-4/h7-13,19H,6,14-15H2,1-5H3,(H,25,29)/t19-/m1/s1. The number of anilines is 1. The second kappa shape index (κ2) is 11.9. The Morgan fingerprint density at radius 2 is 1.82 bits per heavy atom. The third-order valence-corrected chi connectivity index (χ3v) is 6.57. The van der Waals surface area contributed by atoms with Crippen LogP contribution in [0.25, 0.3) is 0 Å². The second-order valence-electron chi connectivity index (χ2n) is 7.50. The summed E-state index contributed by atoms with van der Waals surface area (Å²) in [6, 6.07) is 10.8.